The molecule has 0 saturated carbocycles. The Bertz CT molecular complexity index is 486. The minimum absolute atomic E-state index is 0.116. The molecule has 0 radical (unpaired) electrons. The fourth-order valence-corrected chi connectivity index (χ4v) is 1.72. The van der Waals surface area contributed by atoms with Crippen LogP contribution in [-0.2, 0) is 16.0 Å². The van der Waals surface area contributed by atoms with Crippen LogP contribution >= 0.6 is 0 Å². The molecule has 104 valence electrons. The van der Waals surface area contributed by atoms with Crippen molar-refractivity contribution in [3.8, 4) is 0 Å². The van der Waals surface area contributed by atoms with E-state index in [0.717, 1.165) is 0 Å². The molecule has 0 bridgehead atoms. The van der Waals surface area contributed by atoms with Crippen molar-refractivity contribution in [1.82, 2.24) is 0 Å². The SMILES string of the molecule is Cc1ccc(CC(CC(=O)[C@@H](C)N)C(=O)O)cc1F. The zero-order chi connectivity index (χ0) is 14.6. The minimum Gasteiger partial charge on any atom is -0.481 e. The number of Topliss-reactive ketones (excluding diaryl/α,β-unsaturated/α-hetero) is 1. The van der Waals surface area contributed by atoms with E-state index in [1.165, 1.54) is 13.0 Å². The van der Waals surface area contributed by atoms with Crippen molar-refractivity contribution in [3.63, 3.8) is 0 Å². The summed E-state index contributed by atoms with van der Waals surface area (Å²) in [5.41, 5.74) is 6.48. The number of carbonyl (C=O) groups excluding carboxylic acids is 1. The van der Waals surface area contributed by atoms with E-state index in [4.69, 9.17) is 10.8 Å². The highest BCUT2D eigenvalue weighted by Gasteiger charge is 2.23. The lowest BCUT2D eigenvalue weighted by Gasteiger charge is -2.13. The summed E-state index contributed by atoms with van der Waals surface area (Å²) in [5, 5.41) is 9.10. The Kier molecular flexibility index (Phi) is 5.18. The summed E-state index contributed by atoms with van der Waals surface area (Å²) in [6.07, 6.45) is -0.0203. The van der Waals surface area contributed by atoms with Gasteiger partial charge in [0.1, 0.15) is 11.6 Å². The van der Waals surface area contributed by atoms with Crippen LogP contribution in [0.3, 0.4) is 0 Å². The van der Waals surface area contributed by atoms with Gasteiger partial charge < -0.3 is 10.8 Å². The maximum Gasteiger partial charge on any atom is 0.307 e. The Morgan fingerprint density at radius 1 is 1.42 bits per heavy atom. The topological polar surface area (TPSA) is 80.4 Å². The number of carbonyl (C=O) groups is 2. The highest BCUT2D eigenvalue weighted by Crippen LogP contribution is 2.16. The Labute approximate surface area is 111 Å². The Morgan fingerprint density at radius 3 is 2.53 bits per heavy atom. The van der Waals surface area contributed by atoms with Gasteiger partial charge in [0.25, 0.3) is 0 Å². The summed E-state index contributed by atoms with van der Waals surface area (Å²) >= 11 is 0. The molecule has 1 unspecified atom stereocenters. The number of carboxylic acids is 1. The van der Waals surface area contributed by atoms with Gasteiger partial charge in [-0.2, -0.15) is 0 Å². The van der Waals surface area contributed by atoms with Crippen LogP contribution in [0.25, 0.3) is 0 Å². The number of hydrogen-bond donors (Lipinski definition) is 2. The van der Waals surface area contributed by atoms with Crippen molar-refractivity contribution in [1.29, 1.82) is 0 Å². The standard InChI is InChI=1S/C14H18FNO3/c1-8-3-4-10(6-12(8)15)5-11(14(18)19)7-13(17)9(2)16/h3-4,6,9,11H,5,7,16H2,1-2H3,(H,18,19)/t9-,11?/m1/s1. The van der Waals surface area contributed by atoms with E-state index in [-0.39, 0.29) is 24.4 Å². The molecule has 0 heterocycles. The van der Waals surface area contributed by atoms with Crippen LogP contribution in [0.4, 0.5) is 4.39 Å². The number of nitrogens with two attached hydrogens (primary N) is 1. The first kappa shape index (κ1) is 15.3. The van der Waals surface area contributed by atoms with Gasteiger partial charge in [-0.15, -0.1) is 0 Å². The van der Waals surface area contributed by atoms with Crippen LogP contribution in [0, 0.1) is 18.7 Å². The zero-order valence-electron chi connectivity index (χ0n) is 11.0. The zero-order valence-corrected chi connectivity index (χ0v) is 11.0. The second-order valence-electron chi connectivity index (χ2n) is 4.78. The van der Waals surface area contributed by atoms with E-state index in [1.54, 1.807) is 19.1 Å². The number of aryl methyl sites for hydroxylation is 1. The first-order valence-electron chi connectivity index (χ1n) is 6.07. The summed E-state index contributed by atoms with van der Waals surface area (Å²) in [6, 6.07) is 3.89. The normalized spacial score (nSPS) is 13.9. The van der Waals surface area contributed by atoms with Crippen LogP contribution in [0.5, 0.6) is 0 Å². The summed E-state index contributed by atoms with van der Waals surface area (Å²) < 4.78 is 13.4. The summed E-state index contributed by atoms with van der Waals surface area (Å²) in [7, 11) is 0. The Hall–Kier alpha value is -1.75. The van der Waals surface area contributed by atoms with Gasteiger partial charge in [-0.3, -0.25) is 9.59 Å². The van der Waals surface area contributed by atoms with E-state index < -0.39 is 17.9 Å². The molecule has 1 rings (SSSR count). The van der Waals surface area contributed by atoms with Crippen molar-refractivity contribution < 1.29 is 19.1 Å². The van der Waals surface area contributed by atoms with Crippen molar-refractivity contribution in [2.75, 3.05) is 0 Å². The third kappa shape index (κ3) is 4.44. The molecule has 0 aliphatic carbocycles. The van der Waals surface area contributed by atoms with E-state index in [1.807, 2.05) is 0 Å². The van der Waals surface area contributed by atoms with Gasteiger partial charge in [-0.25, -0.2) is 4.39 Å². The molecular weight excluding hydrogens is 249 g/mol. The summed E-state index contributed by atoms with van der Waals surface area (Å²) in [6.45, 7) is 3.15. The van der Waals surface area contributed by atoms with Crippen LogP contribution in [0.1, 0.15) is 24.5 Å². The van der Waals surface area contributed by atoms with Crippen LogP contribution in [0.2, 0.25) is 0 Å². The molecule has 0 aliphatic rings. The van der Waals surface area contributed by atoms with Gasteiger partial charge in [0, 0.05) is 6.42 Å². The second-order valence-corrected chi connectivity index (χ2v) is 4.78. The summed E-state index contributed by atoms with van der Waals surface area (Å²) in [5.74, 6) is -2.63. The molecule has 0 fully saturated rings. The van der Waals surface area contributed by atoms with Gasteiger partial charge in [0.15, 0.2) is 0 Å². The predicted molar refractivity (Wildman–Crippen MR) is 69.2 cm³/mol. The molecule has 0 aliphatic heterocycles. The lowest BCUT2D eigenvalue weighted by atomic mass is 9.92. The quantitative estimate of drug-likeness (QED) is 0.821. The number of benzene rings is 1. The molecule has 1 aromatic carbocycles. The van der Waals surface area contributed by atoms with Gasteiger partial charge >= 0.3 is 5.97 Å². The number of hydrogen-bond acceptors (Lipinski definition) is 3. The molecule has 0 spiro atoms. The average molecular weight is 267 g/mol. The third-order valence-electron chi connectivity index (χ3n) is 3.02. The molecule has 5 heteroatoms. The first-order chi connectivity index (χ1) is 8.81. The lowest BCUT2D eigenvalue weighted by Crippen LogP contribution is -2.31. The maximum absolute atomic E-state index is 13.4. The number of ketones is 1. The monoisotopic (exact) mass is 267 g/mol. The lowest BCUT2D eigenvalue weighted by molar-refractivity contribution is -0.143. The molecule has 3 N–H and O–H groups in total. The van der Waals surface area contributed by atoms with Crippen molar-refractivity contribution >= 4 is 11.8 Å². The Balaban J connectivity index is 2.81. The van der Waals surface area contributed by atoms with Crippen LogP contribution in [-0.4, -0.2) is 22.9 Å². The number of rotatable bonds is 6. The molecule has 0 aromatic heterocycles. The van der Waals surface area contributed by atoms with Crippen molar-refractivity contribution in [2.24, 2.45) is 11.7 Å². The highest BCUT2D eigenvalue weighted by atomic mass is 19.1. The molecular formula is C14H18FNO3. The van der Waals surface area contributed by atoms with Crippen molar-refractivity contribution in [3.05, 3.63) is 35.1 Å². The number of halogens is 1. The van der Waals surface area contributed by atoms with Gasteiger partial charge in [0.05, 0.1) is 12.0 Å². The highest BCUT2D eigenvalue weighted by molar-refractivity contribution is 5.87. The van der Waals surface area contributed by atoms with E-state index in [9.17, 15) is 14.0 Å². The fourth-order valence-electron chi connectivity index (χ4n) is 1.72. The first-order valence-corrected chi connectivity index (χ1v) is 6.07. The second kappa shape index (κ2) is 6.43. The number of aliphatic carboxylic acids is 1. The van der Waals surface area contributed by atoms with Gasteiger partial charge in [-0.1, -0.05) is 12.1 Å². The molecule has 4 nitrogen and oxygen atoms in total. The van der Waals surface area contributed by atoms with Gasteiger partial charge in [-0.05, 0) is 37.5 Å². The minimum atomic E-state index is -1.07. The van der Waals surface area contributed by atoms with Gasteiger partial charge in [0.2, 0.25) is 0 Å². The van der Waals surface area contributed by atoms with Crippen LogP contribution in [0.15, 0.2) is 18.2 Å². The van der Waals surface area contributed by atoms with Crippen molar-refractivity contribution in [2.45, 2.75) is 32.7 Å². The molecule has 1 aromatic rings. The largest absolute Gasteiger partial charge is 0.481 e. The smallest absolute Gasteiger partial charge is 0.307 e. The molecule has 19 heavy (non-hydrogen) atoms. The molecule has 0 amide bonds. The fraction of sp³-hybridized carbons (Fsp3) is 0.429. The maximum atomic E-state index is 13.4. The number of carboxylic acid groups (broad SMARTS) is 1. The average Bonchev–Trinajstić information content (AvgIpc) is 2.32. The van der Waals surface area contributed by atoms with E-state index in [0.29, 0.717) is 11.1 Å². The van der Waals surface area contributed by atoms with E-state index >= 15 is 0 Å². The van der Waals surface area contributed by atoms with Crippen LogP contribution < -0.4 is 5.73 Å². The van der Waals surface area contributed by atoms with E-state index in [2.05, 4.69) is 0 Å². The predicted octanol–water partition coefficient (Wildman–Crippen LogP) is 1.68. The molecule has 0 saturated heterocycles. The summed E-state index contributed by atoms with van der Waals surface area (Å²) in [4.78, 5) is 22.6. The molecule has 2 atom stereocenters. The third-order valence-corrected chi connectivity index (χ3v) is 3.02. The Morgan fingerprint density at radius 2 is 2.05 bits per heavy atom.